The molecule has 0 bridgehead atoms. The van der Waals surface area contributed by atoms with Crippen molar-refractivity contribution >= 4 is 28.3 Å². The molecule has 0 spiro atoms. The fraction of sp³-hybridized carbons (Fsp3) is 0.292. The molecule has 0 saturated heterocycles. The molecule has 31 heavy (non-hydrogen) atoms. The number of amides is 1. The standard InChI is InChI=1S/C24H24N2O4S/c1-15-21(25-24(31-15)26-23(29)16-5-3-2-4-6-16)11-12-30-19-9-10-20-17(13-19)7-8-18(20)14-22(27)28/h2-6,9-10,13,18H,7-8,11-12,14H2,1H3,(H,27,28)(H,25,26,29)/t18-/m0/s1. The number of carboxylic acid groups (broad SMARTS) is 1. The summed E-state index contributed by atoms with van der Waals surface area (Å²) < 4.78 is 5.93. The van der Waals surface area contributed by atoms with E-state index in [1.807, 2.05) is 43.3 Å². The number of benzene rings is 2. The molecule has 1 atom stereocenters. The fourth-order valence-corrected chi connectivity index (χ4v) is 4.79. The zero-order chi connectivity index (χ0) is 21.8. The summed E-state index contributed by atoms with van der Waals surface area (Å²) in [6.45, 7) is 2.47. The Labute approximate surface area is 184 Å². The van der Waals surface area contributed by atoms with E-state index in [4.69, 9.17) is 9.84 Å². The lowest BCUT2D eigenvalue weighted by Gasteiger charge is -2.10. The van der Waals surface area contributed by atoms with Crippen LogP contribution in [0.2, 0.25) is 0 Å². The third-order valence-corrected chi connectivity index (χ3v) is 6.42. The first-order chi connectivity index (χ1) is 15.0. The summed E-state index contributed by atoms with van der Waals surface area (Å²) in [5.41, 5.74) is 3.82. The maximum atomic E-state index is 12.3. The summed E-state index contributed by atoms with van der Waals surface area (Å²) >= 11 is 1.46. The Balaban J connectivity index is 1.32. The average molecular weight is 437 g/mol. The van der Waals surface area contributed by atoms with Crippen LogP contribution >= 0.6 is 11.3 Å². The van der Waals surface area contributed by atoms with Crippen molar-refractivity contribution in [1.29, 1.82) is 0 Å². The Morgan fingerprint density at radius 1 is 1.23 bits per heavy atom. The lowest BCUT2D eigenvalue weighted by molar-refractivity contribution is -0.137. The zero-order valence-corrected chi connectivity index (χ0v) is 18.1. The number of hydrogen-bond donors (Lipinski definition) is 2. The van der Waals surface area contributed by atoms with E-state index in [-0.39, 0.29) is 18.2 Å². The summed E-state index contributed by atoms with van der Waals surface area (Å²) in [6.07, 6.45) is 2.59. The number of aromatic nitrogens is 1. The largest absolute Gasteiger partial charge is 0.493 e. The Morgan fingerprint density at radius 3 is 2.81 bits per heavy atom. The van der Waals surface area contributed by atoms with Gasteiger partial charge in [0, 0.05) is 16.9 Å². The van der Waals surface area contributed by atoms with Gasteiger partial charge in [0.15, 0.2) is 5.13 Å². The van der Waals surface area contributed by atoms with Crippen LogP contribution in [-0.4, -0.2) is 28.6 Å². The monoisotopic (exact) mass is 436 g/mol. The molecular formula is C24H24N2O4S. The zero-order valence-electron chi connectivity index (χ0n) is 17.3. The van der Waals surface area contributed by atoms with E-state index in [0.29, 0.717) is 23.7 Å². The molecule has 0 saturated carbocycles. The van der Waals surface area contributed by atoms with Crippen molar-refractivity contribution in [3.8, 4) is 5.75 Å². The topological polar surface area (TPSA) is 88.5 Å². The first-order valence-electron chi connectivity index (χ1n) is 10.3. The van der Waals surface area contributed by atoms with Crippen LogP contribution < -0.4 is 10.1 Å². The van der Waals surface area contributed by atoms with E-state index in [0.717, 1.165) is 34.7 Å². The van der Waals surface area contributed by atoms with E-state index in [9.17, 15) is 9.59 Å². The van der Waals surface area contributed by atoms with Gasteiger partial charge in [-0.25, -0.2) is 4.98 Å². The summed E-state index contributed by atoms with van der Waals surface area (Å²) in [5.74, 6) is -0.0310. The number of aliphatic carboxylic acids is 1. The number of thiazole rings is 1. The second kappa shape index (κ2) is 9.31. The molecule has 3 aromatic rings. The van der Waals surface area contributed by atoms with Crippen molar-refractivity contribution in [1.82, 2.24) is 4.98 Å². The van der Waals surface area contributed by atoms with E-state index in [1.54, 1.807) is 12.1 Å². The highest BCUT2D eigenvalue weighted by atomic mass is 32.1. The van der Waals surface area contributed by atoms with E-state index >= 15 is 0 Å². The van der Waals surface area contributed by atoms with Gasteiger partial charge in [-0.05, 0) is 61.1 Å². The Morgan fingerprint density at radius 2 is 2.03 bits per heavy atom. The Hall–Kier alpha value is -3.19. The number of hydrogen-bond acceptors (Lipinski definition) is 5. The van der Waals surface area contributed by atoms with Gasteiger partial charge in [0.1, 0.15) is 5.75 Å². The molecule has 7 heteroatoms. The molecule has 2 N–H and O–H groups in total. The summed E-state index contributed by atoms with van der Waals surface area (Å²) in [6, 6.07) is 15.0. The van der Waals surface area contributed by atoms with Gasteiger partial charge in [0.05, 0.1) is 18.7 Å². The fourth-order valence-electron chi connectivity index (χ4n) is 3.93. The number of carbonyl (C=O) groups excluding carboxylic acids is 1. The van der Waals surface area contributed by atoms with Gasteiger partial charge >= 0.3 is 5.97 Å². The maximum absolute atomic E-state index is 12.3. The van der Waals surface area contributed by atoms with Gasteiger partial charge in [0.2, 0.25) is 0 Å². The first-order valence-corrected chi connectivity index (χ1v) is 11.1. The van der Waals surface area contributed by atoms with Crippen molar-refractivity contribution in [2.75, 3.05) is 11.9 Å². The van der Waals surface area contributed by atoms with Crippen LogP contribution in [0.25, 0.3) is 0 Å². The highest BCUT2D eigenvalue weighted by molar-refractivity contribution is 7.15. The van der Waals surface area contributed by atoms with Crippen LogP contribution in [0.1, 0.15) is 50.8 Å². The normalized spacial score (nSPS) is 14.8. The minimum Gasteiger partial charge on any atom is -0.493 e. The highest BCUT2D eigenvalue weighted by Crippen LogP contribution is 2.37. The number of nitrogens with zero attached hydrogens (tertiary/aromatic N) is 1. The van der Waals surface area contributed by atoms with Gasteiger partial charge in [0.25, 0.3) is 5.91 Å². The molecule has 1 aliphatic carbocycles. The number of nitrogens with one attached hydrogen (secondary N) is 1. The van der Waals surface area contributed by atoms with Gasteiger partial charge < -0.3 is 9.84 Å². The predicted octanol–water partition coefficient (Wildman–Crippen LogP) is 4.83. The maximum Gasteiger partial charge on any atom is 0.303 e. The summed E-state index contributed by atoms with van der Waals surface area (Å²) in [7, 11) is 0. The molecule has 1 aliphatic rings. The molecular weight excluding hydrogens is 412 g/mol. The van der Waals surface area contributed by atoms with E-state index < -0.39 is 5.97 Å². The third-order valence-electron chi connectivity index (χ3n) is 5.49. The molecule has 4 rings (SSSR count). The van der Waals surface area contributed by atoms with Crippen molar-refractivity contribution < 1.29 is 19.4 Å². The van der Waals surface area contributed by atoms with Crippen LogP contribution in [0.3, 0.4) is 0 Å². The van der Waals surface area contributed by atoms with Crippen LogP contribution in [0.5, 0.6) is 5.75 Å². The number of carbonyl (C=O) groups is 2. The highest BCUT2D eigenvalue weighted by Gasteiger charge is 2.24. The lowest BCUT2D eigenvalue weighted by atomic mass is 9.98. The van der Waals surface area contributed by atoms with Crippen molar-refractivity contribution in [3.05, 3.63) is 75.8 Å². The number of fused-ring (bicyclic) bond motifs is 1. The number of ether oxygens (including phenoxy) is 1. The molecule has 0 unspecified atom stereocenters. The van der Waals surface area contributed by atoms with Crippen molar-refractivity contribution in [2.24, 2.45) is 0 Å². The lowest BCUT2D eigenvalue weighted by Crippen LogP contribution is -2.11. The number of rotatable bonds is 8. The SMILES string of the molecule is Cc1sc(NC(=O)c2ccccc2)nc1CCOc1ccc2c(c1)CC[C@H]2CC(=O)O. The van der Waals surface area contributed by atoms with Crippen LogP contribution in [-0.2, 0) is 17.6 Å². The number of anilines is 1. The van der Waals surface area contributed by atoms with E-state index in [1.165, 1.54) is 16.9 Å². The molecule has 0 radical (unpaired) electrons. The molecule has 0 fully saturated rings. The minimum atomic E-state index is -0.754. The molecule has 160 valence electrons. The number of carboxylic acids is 1. The molecule has 1 heterocycles. The third kappa shape index (κ3) is 5.11. The summed E-state index contributed by atoms with van der Waals surface area (Å²) in [4.78, 5) is 28.9. The van der Waals surface area contributed by atoms with Crippen LogP contribution in [0, 0.1) is 6.92 Å². The van der Waals surface area contributed by atoms with E-state index in [2.05, 4.69) is 10.3 Å². The van der Waals surface area contributed by atoms with Crippen LogP contribution in [0.15, 0.2) is 48.5 Å². The quantitative estimate of drug-likeness (QED) is 0.528. The minimum absolute atomic E-state index is 0.101. The molecule has 0 aliphatic heterocycles. The predicted molar refractivity (Wildman–Crippen MR) is 120 cm³/mol. The van der Waals surface area contributed by atoms with Crippen molar-refractivity contribution in [2.45, 2.75) is 38.5 Å². The van der Waals surface area contributed by atoms with Crippen molar-refractivity contribution in [3.63, 3.8) is 0 Å². The smallest absolute Gasteiger partial charge is 0.303 e. The van der Waals surface area contributed by atoms with Gasteiger partial charge in [-0.1, -0.05) is 24.3 Å². The second-order valence-electron chi connectivity index (χ2n) is 7.63. The average Bonchev–Trinajstić information content (AvgIpc) is 3.31. The molecule has 2 aromatic carbocycles. The Kier molecular flexibility index (Phi) is 6.32. The molecule has 1 aromatic heterocycles. The van der Waals surface area contributed by atoms with Gasteiger partial charge in [-0.2, -0.15) is 0 Å². The Bertz CT molecular complexity index is 1090. The molecule has 6 nitrogen and oxygen atoms in total. The molecule has 1 amide bonds. The number of aryl methyl sites for hydroxylation is 2. The summed E-state index contributed by atoms with van der Waals surface area (Å²) in [5, 5.41) is 12.5. The van der Waals surface area contributed by atoms with Gasteiger partial charge in [-0.3, -0.25) is 14.9 Å². The van der Waals surface area contributed by atoms with Crippen LogP contribution in [0.4, 0.5) is 5.13 Å². The first kappa shape index (κ1) is 21.1. The van der Waals surface area contributed by atoms with Gasteiger partial charge in [-0.15, -0.1) is 11.3 Å². The second-order valence-corrected chi connectivity index (χ2v) is 8.84.